The zero-order valence-electron chi connectivity index (χ0n) is 26.6. The van der Waals surface area contributed by atoms with Gasteiger partial charge in [0.2, 0.25) is 11.8 Å². The molecule has 0 radical (unpaired) electrons. The number of fused-ring (bicyclic) bond motifs is 2. The first-order valence-electron chi connectivity index (χ1n) is 15.7. The van der Waals surface area contributed by atoms with Gasteiger partial charge < -0.3 is 31.1 Å². The van der Waals surface area contributed by atoms with Crippen LogP contribution in [0.5, 0.6) is 0 Å². The average Bonchev–Trinajstić information content (AvgIpc) is 3.03. The number of nitrogens with one attached hydrogen (secondary N) is 4. The molecule has 4 atom stereocenters. The summed E-state index contributed by atoms with van der Waals surface area (Å²) in [7, 11) is 0. The lowest BCUT2D eigenvalue weighted by molar-refractivity contribution is -0.130. The zero-order chi connectivity index (χ0) is 32.8. The largest absolute Gasteiger partial charge is 0.350 e. The summed E-state index contributed by atoms with van der Waals surface area (Å²) in [6.45, 7) is 8.41. The van der Waals surface area contributed by atoms with Gasteiger partial charge >= 0.3 is 0 Å². The summed E-state index contributed by atoms with van der Waals surface area (Å²) in [5, 5.41) is 11.8. The predicted octanol–water partition coefficient (Wildman–Crippen LogP) is 3.08. The molecule has 10 nitrogen and oxygen atoms in total. The summed E-state index contributed by atoms with van der Waals surface area (Å²) < 4.78 is 0. The van der Waals surface area contributed by atoms with E-state index in [1.54, 1.807) is 24.6 Å². The van der Waals surface area contributed by atoms with Crippen LogP contribution in [0.4, 0.5) is 0 Å². The lowest BCUT2D eigenvalue weighted by atomic mass is 9.96. The topological polar surface area (TPSA) is 123 Å². The summed E-state index contributed by atoms with van der Waals surface area (Å²) in [4.78, 5) is 59.0. The van der Waals surface area contributed by atoms with Crippen LogP contribution in [0.3, 0.4) is 0 Å². The lowest BCUT2D eigenvalue weighted by Gasteiger charge is -2.33. The van der Waals surface area contributed by atoms with Crippen molar-refractivity contribution in [3.63, 3.8) is 0 Å². The highest BCUT2D eigenvalue weighted by molar-refractivity contribution is 6.02. The first-order chi connectivity index (χ1) is 22.1. The van der Waals surface area contributed by atoms with E-state index in [2.05, 4.69) is 21.3 Å². The molecule has 2 aromatic carbocycles. The van der Waals surface area contributed by atoms with Gasteiger partial charge in [0.15, 0.2) is 0 Å². The van der Waals surface area contributed by atoms with Crippen molar-refractivity contribution >= 4 is 23.6 Å². The zero-order valence-corrected chi connectivity index (χ0v) is 26.6. The van der Waals surface area contributed by atoms with Gasteiger partial charge in [-0.05, 0) is 35.1 Å². The maximum Gasteiger partial charge on any atom is 0.251 e. The second-order valence-corrected chi connectivity index (χ2v) is 12.5. The van der Waals surface area contributed by atoms with Crippen molar-refractivity contribution in [3.8, 4) is 0 Å². The molecular weight excluding hydrogens is 580 g/mol. The van der Waals surface area contributed by atoms with E-state index >= 15 is 0 Å². The monoisotopic (exact) mass is 622 g/mol. The van der Waals surface area contributed by atoms with E-state index in [9.17, 15) is 19.2 Å². The van der Waals surface area contributed by atoms with E-state index in [1.165, 1.54) is 0 Å². The first-order valence-corrected chi connectivity index (χ1v) is 15.7. The molecule has 3 aliphatic rings. The Kier molecular flexibility index (Phi) is 10.0. The van der Waals surface area contributed by atoms with Crippen LogP contribution in [-0.2, 0) is 32.3 Å². The van der Waals surface area contributed by atoms with Crippen LogP contribution in [0.25, 0.3) is 0 Å². The number of hydrogen-bond donors (Lipinski definition) is 4. The van der Waals surface area contributed by atoms with Crippen LogP contribution in [0.2, 0.25) is 0 Å². The SMILES string of the molecule is CC(C)[C@H]1NC(=O)C2=CN(Cc3ccccc3)C=C[C@@H]2NC(=O)[C@@H](C(C)C)NC(=O)C2=CN(Cc3ccccc3)C=C[C@H]2NC1=O. The maximum absolute atomic E-state index is 13.9. The van der Waals surface area contributed by atoms with Gasteiger partial charge in [-0.3, -0.25) is 19.2 Å². The molecule has 3 aliphatic heterocycles. The molecule has 4 N–H and O–H groups in total. The fraction of sp³-hybridized carbons (Fsp3) is 0.333. The number of hydrogen-bond acceptors (Lipinski definition) is 6. The van der Waals surface area contributed by atoms with Crippen molar-refractivity contribution in [3.05, 3.63) is 120 Å². The summed E-state index contributed by atoms with van der Waals surface area (Å²) in [5.41, 5.74) is 2.65. The average molecular weight is 623 g/mol. The van der Waals surface area contributed by atoms with Gasteiger partial charge in [0.25, 0.3) is 11.8 Å². The van der Waals surface area contributed by atoms with Crippen LogP contribution in [0.1, 0.15) is 38.8 Å². The second-order valence-electron chi connectivity index (χ2n) is 12.5. The first kappa shape index (κ1) is 32.3. The predicted molar refractivity (Wildman–Crippen MR) is 176 cm³/mol. The Morgan fingerprint density at radius 3 is 1.28 bits per heavy atom. The quantitative estimate of drug-likeness (QED) is 0.393. The van der Waals surface area contributed by atoms with Gasteiger partial charge in [-0.1, -0.05) is 88.4 Å². The van der Waals surface area contributed by atoms with Crippen LogP contribution in [-0.4, -0.2) is 57.6 Å². The van der Waals surface area contributed by atoms with Gasteiger partial charge in [0, 0.05) is 37.9 Å². The van der Waals surface area contributed by atoms with Crippen LogP contribution < -0.4 is 21.3 Å². The van der Waals surface area contributed by atoms with Crippen LogP contribution in [0.15, 0.2) is 109 Å². The number of carbonyl (C=O) groups excluding carboxylic acids is 4. The van der Waals surface area contributed by atoms with Crippen molar-refractivity contribution in [1.29, 1.82) is 0 Å². The summed E-state index contributed by atoms with van der Waals surface area (Å²) in [5.74, 6) is -2.29. The minimum Gasteiger partial charge on any atom is -0.350 e. The number of nitrogens with zero attached hydrogens (tertiary/aromatic N) is 2. The molecule has 10 heteroatoms. The van der Waals surface area contributed by atoms with E-state index < -0.39 is 47.8 Å². The summed E-state index contributed by atoms with van der Waals surface area (Å²) >= 11 is 0. The Labute approximate surface area is 270 Å². The third-order valence-corrected chi connectivity index (χ3v) is 8.23. The Morgan fingerprint density at radius 1 is 0.565 bits per heavy atom. The van der Waals surface area contributed by atoms with E-state index in [1.807, 2.05) is 111 Å². The fourth-order valence-corrected chi connectivity index (χ4v) is 5.65. The molecule has 0 aromatic heterocycles. The minimum absolute atomic E-state index is 0.265. The van der Waals surface area contributed by atoms with Gasteiger partial charge in [0.05, 0.1) is 23.2 Å². The summed E-state index contributed by atoms with van der Waals surface area (Å²) in [6, 6.07) is 16.3. The van der Waals surface area contributed by atoms with Crippen molar-refractivity contribution in [2.24, 2.45) is 11.8 Å². The van der Waals surface area contributed by atoms with E-state index in [0.29, 0.717) is 13.1 Å². The number of carbonyl (C=O) groups is 4. The molecule has 0 saturated carbocycles. The van der Waals surface area contributed by atoms with Gasteiger partial charge in [-0.2, -0.15) is 0 Å². The van der Waals surface area contributed by atoms with E-state index in [-0.39, 0.29) is 23.0 Å². The lowest BCUT2D eigenvalue weighted by Crippen LogP contribution is -2.58. The maximum atomic E-state index is 13.9. The second kappa shape index (κ2) is 14.3. The van der Waals surface area contributed by atoms with E-state index in [0.717, 1.165) is 11.1 Å². The van der Waals surface area contributed by atoms with Crippen molar-refractivity contribution in [2.75, 3.05) is 0 Å². The van der Waals surface area contributed by atoms with Gasteiger partial charge in [-0.15, -0.1) is 0 Å². The Morgan fingerprint density at radius 2 is 0.935 bits per heavy atom. The number of rotatable bonds is 6. The molecular formula is C36H42N6O4. The smallest absolute Gasteiger partial charge is 0.251 e. The molecule has 0 bridgehead atoms. The minimum atomic E-state index is -0.898. The molecule has 0 spiro atoms. The molecule has 0 aliphatic carbocycles. The summed E-state index contributed by atoms with van der Waals surface area (Å²) in [6.07, 6.45) is 10.5. The highest BCUT2D eigenvalue weighted by Gasteiger charge is 2.36. The van der Waals surface area contributed by atoms with E-state index in [4.69, 9.17) is 0 Å². The van der Waals surface area contributed by atoms with Gasteiger partial charge in [-0.25, -0.2) is 0 Å². The molecule has 0 unspecified atom stereocenters. The van der Waals surface area contributed by atoms with Crippen molar-refractivity contribution in [2.45, 2.75) is 65.0 Å². The molecule has 46 heavy (non-hydrogen) atoms. The molecule has 3 heterocycles. The molecule has 4 amide bonds. The standard InChI is InChI=1S/C36H42N6O4/c1-23(2)31-35(45)37-29-15-17-42(20-26-13-9-6-10-14-26)22-28(29)34(44)40-32(24(3)4)36(46)38-30-16-18-41(21-27(30)33(43)39-31)19-25-11-7-5-8-12-25/h5-18,21-24,29-32H,19-20H2,1-4H3,(H,37,45)(H,38,46)(H,39,43)(H,40,44)/t29-,30+,31-,32-/m1/s1. The molecule has 2 aromatic rings. The Bertz CT molecular complexity index is 1450. The highest BCUT2D eigenvalue weighted by atomic mass is 16.2. The fourth-order valence-electron chi connectivity index (χ4n) is 5.65. The van der Waals surface area contributed by atoms with Crippen molar-refractivity contribution < 1.29 is 19.2 Å². The normalized spacial score (nSPS) is 23.8. The van der Waals surface area contributed by atoms with Crippen LogP contribution in [0, 0.1) is 11.8 Å². The third kappa shape index (κ3) is 7.74. The van der Waals surface area contributed by atoms with Crippen LogP contribution >= 0.6 is 0 Å². The van der Waals surface area contributed by atoms with Crippen molar-refractivity contribution in [1.82, 2.24) is 31.1 Å². The Hall–Kier alpha value is -5.12. The molecule has 240 valence electrons. The molecule has 1 fully saturated rings. The molecule has 5 rings (SSSR count). The van der Waals surface area contributed by atoms with Gasteiger partial charge in [0.1, 0.15) is 12.1 Å². The highest BCUT2D eigenvalue weighted by Crippen LogP contribution is 2.21. The number of amides is 4. The third-order valence-electron chi connectivity index (χ3n) is 8.23. The Balaban J connectivity index is 1.47. The molecule has 1 saturated heterocycles. The number of benzene rings is 2.